The predicted molar refractivity (Wildman–Crippen MR) is 269 cm³/mol. The van der Waals surface area contributed by atoms with Gasteiger partial charge in [0.25, 0.3) is 0 Å². The zero-order valence-electron chi connectivity index (χ0n) is 35.2. The molecule has 1 N–H and O–H groups in total. The molecule has 296 valence electrons. The fourth-order valence-corrected chi connectivity index (χ4v) is 10.9. The molecule has 3 heteroatoms. The molecule has 0 bridgehead atoms. The summed E-state index contributed by atoms with van der Waals surface area (Å²) >= 11 is 1.80. The van der Waals surface area contributed by atoms with Gasteiger partial charge in [-0.3, -0.25) is 0 Å². The van der Waals surface area contributed by atoms with Gasteiger partial charge in [-0.2, -0.15) is 0 Å². The smallest absolute Gasteiger partial charge is 0.119 e. The molecule has 2 aromatic heterocycles. The third-order valence-corrected chi connectivity index (χ3v) is 13.5. The first-order valence-corrected chi connectivity index (χ1v) is 21.8. The third-order valence-electron chi connectivity index (χ3n) is 12.4. The summed E-state index contributed by atoms with van der Waals surface area (Å²) in [7, 11) is 0. The van der Waals surface area contributed by atoms with Crippen molar-refractivity contribution in [3.05, 3.63) is 202 Å². The Hall–Kier alpha value is -7.12. The Bertz CT molecular complexity index is 3280. The Morgan fingerprint density at radius 2 is 1.49 bits per heavy atom. The van der Waals surface area contributed by atoms with Crippen LogP contribution in [-0.2, 0) is 12.0 Å². The first kappa shape index (κ1) is 39.3. The molecule has 1 atom stereocenters. The van der Waals surface area contributed by atoms with E-state index in [9.17, 15) is 0 Å². The first-order chi connectivity index (χ1) is 29.9. The van der Waals surface area contributed by atoms with E-state index >= 15 is 0 Å². The fraction of sp³-hybridized carbons (Fsp3) is 0.103. The third kappa shape index (κ3) is 6.26. The lowest BCUT2D eigenvalue weighted by Crippen LogP contribution is -2.41. The Morgan fingerprint density at radius 1 is 0.721 bits per heavy atom. The summed E-state index contributed by atoms with van der Waals surface area (Å²) < 4.78 is 3.75. The van der Waals surface area contributed by atoms with Crippen LogP contribution >= 0.6 is 11.3 Å². The van der Waals surface area contributed by atoms with E-state index in [4.69, 9.17) is 6.42 Å². The van der Waals surface area contributed by atoms with Gasteiger partial charge in [-0.15, -0.1) is 11.3 Å². The summed E-state index contributed by atoms with van der Waals surface area (Å²) in [4.78, 5) is 1.19. The lowest BCUT2D eigenvalue weighted by Gasteiger charge is -2.35. The van der Waals surface area contributed by atoms with Crippen LogP contribution in [0.25, 0.3) is 89.9 Å². The summed E-state index contributed by atoms with van der Waals surface area (Å²) in [5, 5.41) is 9.87. The summed E-state index contributed by atoms with van der Waals surface area (Å²) in [5.41, 5.74) is 14.1. The number of thiophene rings is 1. The number of aromatic nitrogens is 1. The second kappa shape index (κ2) is 16.1. The maximum atomic E-state index is 6.49. The highest BCUT2D eigenvalue weighted by Crippen LogP contribution is 2.52. The van der Waals surface area contributed by atoms with E-state index in [1.165, 1.54) is 53.2 Å². The Labute approximate surface area is 363 Å². The van der Waals surface area contributed by atoms with Crippen LogP contribution in [0.3, 0.4) is 0 Å². The normalized spacial score (nSPS) is 16.2. The lowest BCUT2D eigenvalue weighted by molar-refractivity contribution is 0.566. The minimum atomic E-state index is -0.877. The van der Waals surface area contributed by atoms with E-state index in [0.717, 1.165) is 55.7 Å². The average molecular weight is 805 g/mol. The van der Waals surface area contributed by atoms with Gasteiger partial charge < -0.3 is 9.88 Å². The molecular formula is C58H48N2S. The van der Waals surface area contributed by atoms with Gasteiger partial charge in [-0.05, 0) is 131 Å². The molecule has 0 saturated carbocycles. The second-order valence-electron chi connectivity index (χ2n) is 15.6. The van der Waals surface area contributed by atoms with Crippen LogP contribution in [-0.4, -0.2) is 4.57 Å². The number of hydrogen-bond donors (Lipinski definition) is 1. The van der Waals surface area contributed by atoms with Crippen LogP contribution in [0.15, 0.2) is 158 Å². The molecule has 2 heterocycles. The molecule has 0 aliphatic heterocycles. The summed E-state index contributed by atoms with van der Waals surface area (Å²) in [6.07, 6.45) is 28.3. The number of nitrogens with one attached hydrogen (secondary N) is 1. The van der Waals surface area contributed by atoms with Gasteiger partial charge in [-0.1, -0.05) is 153 Å². The molecule has 0 fully saturated rings. The lowest BCUT2D eigenvalue weighted by atomic mass is 9.78. The number of para-hydroxylation sites is 1. The van der Waals surface area contributed by atoms with Crippen LogP contribution in [0, 0.1) is 12.5 Å². The minimum absolute atomic E-state index is 0.679. The van der Waals surface area contributed by atoms with Gasteiger partial charge in [0.1, 0.15) is 5.54 Å². The van der Waals surface area contributed by atoms with Gasteiger partial charge >= 0.3 is 0 Å². The van der Waals surface area contributed by atoms with Gasteiger partial charge in [-0.25, -0.2) is 0 Å². The highest BCUT2D eigenvalue weighted by Gasteiger charge is 2.47. The SMILES string of the molecule is C#CNC1(c2cccc(-c3ccccc3)c2)/C(=C(\C)n2c3ccccc3c3cc4c(ccc5sc(C=C)c(/C=C\C)c54)cc32)Cc2c1cc(/C=C\C=C/C)c(C=C)c2/C=C\C. The minimum Gasteiger partial charge on any atom is -0.328 e. The van der Waals surface area contributed by atoms with Gasteiger partial charge in [0, 0.05) is 43.0 Å². The number of terminal acetylenes is 1. The number of rotatable bonds is 10. The number of benzene rings is 6. The highest BCUT2D eigenvalue weighted by molar-refractivity contribution is 7.20. The Balaban J connectivity index is 1.41. The number of nitrogens with zero attached hydrogens (tertiary/aromatic N) is 1. The predicted octanol–water partition coefficient (Wildman–Crippen LogP) is 15.7. The van der Waals surface area contributed by atoms with Crippen molar-refractivity contribution in [3.63, 3.8) is 0 Å². The largest absolute Gasteiger partial charge is 0.328 e. The Morgan fingerprint density at radius 3 is 2.25 bits per heavy atom. The standard InChI is InChI=1S/C58H48N2S/c1-8-14-16-26-41-34-52-49(45(22-9-2)44(41)11-4)37-51(58(52,59-13-6)43-28-21-27-40(33-43)39-24-17-15-18-25-39)38(7)60-53-30-20-19-29-46(53)50-36-48-42(35-54(50)60)31-32-56-57(48)47(23-10-3)55(12-5)61-56/h6,8-12,14-36,59H,4-5,37H2,1-3,7H3/b14-8-,22-9-,23-10-,26-16-,51-38+. The van der Waals surface area contributed by atoms with Crippen molar-refractivity contribution in [1.29, 1.82) is 0 Å². The van der Waals surface area contributed by atoms with Crippen LogP contribution in [0.2, 0.25) is 0 Å². The molecule has 9 rings (SSSR count). The van der Waals surface area contributed by atoms with Crippen LogP contribution in [0.4, 0.5) is 0 Å². The van der Waals surface area contributed by atoms with Gasteiger partial charge in [0.15, 0.2) is 0 Å². The van der Waals surface area contributed by atoms with Gasteiger partial charge in [0.2, 0.25) is 0 Å². The van der Waals surface area contributed by atoms with Crippen LogP contribution in [0.1, 0.15) is 71.5 Å². The first-order valence-electron chi connectivity index (χ1n) is 20.9. The van der Waals surface area contributed by atoms with Crippen molar-refractivity contribution in [3.8, 4) is 23.6 Å². The molecule has 0 radical (unpaired) electrons. The maximum Gasteiger partial charge on any atom is 0.119 e. The Kier molecular flexibility index (Phi) is 10.4. The molecule has 1 aliphatic carbocycles. The summed E-state index contributed by atoms with van der Waals surface area (Å²) in [6, 6.07) is 43.0. The molecule has 8 aromatic rings. The van der Waals surface area contributed by atoms with Crippen molar-refractivity contribution in [2.75, 3.05) is 0 Å². The van der Waals surface area contributed by atoms with E-state index < -0.39 is 5.54 Å². The molecule has 1 unspecified atom stereocenters. The zero-order valence-corrected chi connectivity index (χ0v) is 36.0. The molecule has 0 amide bonds. The molecule has 0 spiro atoms. The average Bonchev–Trinajstić information content (AvgIpc) is 3.94. The van der Waals surface area contributed by atoms with Crippen molar-refractivity contribution < 1.29 is 0 Å². The van der Waals surface area contributed by atoms with Crippen molar-refractivity contribution >= 4 is 90.1 Å². The number of hydrogen-bond acceptors (Lipinski definition) is 2. The van der Waals surface area contributed by atoms with E-state index in [-0.39, 0.29) is 0 Å². The molecule has 61 heavy (non-hydrogen) atoms. The highest BCUT2D eigenvalue weighted by atomic mass is 32.1. The topological polar surface area (TPSA) is 17.0 Å². The zero-order chi connectivity index (χ0) is 42.3. The van der Waals surface area contributed by atoms with Crippen LogP contribution in [0.5, 0.6) is 0 Å². The van der Waals surface area contributed by atoms with Gasteiger partial charge in [0.05, 0.1) is 11.0 Å². The van der Waals surface area contributed by atoms with Crippen molar-refractivity contribution in [1.82, 2.24) is 9.88 Å². The van der Waals surface area contributed by atoms with E-state index in [1.54, 1.807) is 11.3 Å². The van der Waals surface area contributed by atoms with E-state index in [2.05, 4.69) is 202 Å². The summed E-state index contributed by atoms with van der Waals surface area (Å²) in [5.74, 6) is 0. The summed E-state index contributed by atoms with van der Waals surface area (Å²) in [6.45, 7) is 17.0. The second-order valence-corrected chi connectivity index (χ2v) is 16.7. The van der Waals surface area contributed by atoms with Crippen molar-refractivity contribution in [2.24, 2.45) is 0 Å². The molecular weight excluding hydrogens is 757 g/mol. The number of fused-ring (bicyclic) bond motifs is 7. The number of allylic oxidation sites excluding steroid dienone is 6. The fourth-order valence-electron chi connectivity index (χ4n) is 9.80. The molecule has 1 aliphatic rings. The quantitative estimate of drug-likeness (QED) is 0.0828. The molecule has 2 nitrogen and oxygen atoms in total. The van der Waals surface area contributed by atoms with E-state index in [0.29, 0.717) is 6.42 Å². The van der Waals surface area contributed by atoms with Crippen molar-refractivity contribution in [2.45, 2.75) is 39.7 Å². The molecule has 6 aromatic carbocycles. The van der Waals surface area contributed by atoms with Crippen LogP contribution < -0.4 is 5.32 Å². The monoisotopic (exact) mass is 804 g/mol. The molecule has 0 saturated heterocycles. The maximum absolute atomic E-state index is 6.49. The van der Waals surface area contributed by atoms with E-state index in [1.807, 2.05) is 25.2 Å².